The predicted octanol–water partition coefficient (Wildman–Crippen LogP) is 2.45. The van der Waals surface area contributed by atoms with E-state index in [0.29, 0.717) is 13.0 Å². The lowest BCUT2D eigenvalue weighted by Crippen LogP contribution is -2.32. The number of nitrogens with one attached hydrogen (secondary N) is 1. The Hall–Kier alpha value is -1.26. The third-order valence-corrected chi connectivity index (χ3v) is 3.67. The average molecular weight is 312 g/mol. The molecule has 1 atom stereocenters. The maximum atomic E-state index is 11.7. The first kappa shape index (κ1) is 17.8. The highest BCUT2D eigenvalue weighted by Gasteiger charge is 2.14. The fraction of sp³-hybridized carbons (Fsp3) is 0.562. The molecule has 0 radical (unpaired) electrons. The number of carbonyl (C=O) groups excluding carboxylic acids is 1. The molecule has 2 rings (SSSR count). The molecule has 1 aliphatic rings. The molecule has 1 aliphatic heterocycles. The van der Waals surface area contributed by atoms with Crippen LogP contribution in [0, 0.1) is 0 Å². The van der Waals surface area contributed by atoms with Crippen LogP contribution in [0.15, 0.2) is 24.3 Å². The van der Waals surface area contributed by atoms with Crippen molar-refractivity contribution in [2.24, 2.45) is 5.73 Å². The Balaban J connectivity index is 0.00000220. The standard InChI is InChI=1S/C16H25N3O.ClH/c1-13(17)11-16(20)18-12-14-7-3-4-8-15(14)19-9-5-2-6-10-19;/h3-4,7-8,13H,2,5-6,9-12,17H2,1H3,(H,18,20);1H. The molecule has 1 fully saturated rings. The number of benzene rings is 1. The summed E-state index contributed by atoms with van der Waals surface area (Å²) in [5.41, 5.74) is 8.09. The van der Waals surface area contributed by atoms with Crippen LogP contribution >= 0.6 is 12.4 Å². The van der Waals surface area contributed by atoms with Crippen molar-refractivity contribution in [2.75, 3.05) is 18.0 Å². The molecule has 1 aromatic rings. The second-order valence-corrected chi connectivity index (χ2v) is 5.63. The molecule has 118 valence electrons. The lowest BCUT2D eigenvalue weighted by Gasteiger charge is -2.30. The number of piperidine rings is 1. The van der Waals surface area contributed by atoms with Crippen molar-refractivity contribution in [3.63, 3.8) is 0 Å². The highest BCUT2D eigenvalue weighted by Crippen LogP contribution is 2.23. The van der Waals surface area contributed by atoms with Crippen molar-refractivity contribution >= 4 is 24.0 Å². The van der Waals surface area contributed by atoms with Gasteiger partial charge in [0, 0.05) is 37.8 Å². The van der Waals surface area contributed by atoms with E-state index in [4.69, 9.17) is 5.73 Å². The van der Waals surface area contributed by atoms with E-state index in [1.807, 2.05) is 13.0 Å². The maximum absolute atomic E-state index is 11.7. The fourth-order valence-corrected chi connectivity index (χ4v) is 2.66. The minimum atomic E-state index is -0.0904. The number of para-hydroxylation sites is 1. The van der Waals surface area contributed by atoms with Crippen LogP contribution in [0.2, 0.25) is 0 Å². The van der Waals surface area contributed by atoms with Crippen LogP contribution in [0.1, 0.15) is 38.2 Å². The molecule has 4 nitrogen and oxygen atoms in total. The Morgan fingerprint density at radius 3 is 2.62 bits per heavy atom. The first-order valence-corrected chi connectivity index (χ1v) is 7.52. The topological polar surface area (TPSA) is 58.4 Å². The Bertz CT molecular complexity index is 445. The number of nitrogens with zero attached hydrogens (tertiary/aromatic N) is 1. The first-order chi connectivity index (χ1) is 9.66. The number of nitrogens with two attached hydrogens (primary N) is 1. The van der Waals surface area contributed by atoms with Gasteiger partial charge in [-0.3, -0.25) is 4.79 Å². The van der Waals surface area contributed by atoms with Crippen LogP contribution < -0.4 is 16.0 Å². The van der Waals surface area contributed by atoms with Crippen LogP contribution in [0.3, 0.4) is 0 Å². The van der Waals surface area contributed by atoms with E-state index in [1.54, 1.807) is 0 Å². The van der Waals surface area contributed by atoms with Crippen molar-refractivity contribution in [3.05, 3.63) is 29.8 Å². The Morgan fingerprint density at radius 2 is 1.95 bits per heavy atom. The molecule has 5 heteroatoms. The first-order valence-electron chi connectivity index (χ1n) is 7.52. The van der Waals surface area contributed by atoms with E-state index in [1.165, 1.54) is 30.5 Å². The zero-order valence-corrected chi connectivity index (χ0v) is 13.5. The lowest BCUT2D eigenvalue weighted by atomic mass is 10.1. The Kier molecular flexibility index (Phi) is 7.54. The van der Waals surface area contributed by atoms with E-state index >= 15 is 0 Å². The molecule has 0 bridgehead atoms. The summed E-state index contributed by atoms with van der Waals surface area (Å²) < 4.78 is 0. The van der Waals surface area contributed by atoms with Gasteiger partial charge >= 0.3 is 0 Å². The molecule has 1 aromatic carbocycles. The minimum Gasteiger partial charge on any atom is -0.371 e. The van der Waals surface area contributed by atoms with Crippen molar-refractivity contribution in [2.45, 2.75) is 45.2 Å². The largest absolute Gasteiger partial charge is 0.371 e. The van der Waals surface area contributed by atoms with Crippen LogP contribution in [0.25, 0.3) is 0 Å². The Morgan fingerprint density at radius 1 is 1.29 bits per heavy atom. The number of rotatable bonds is 5. The van der Waals surface area contributed by atoms with Crippen LogP contribution in [-0.2, 0) is 11.3 Å². The van der Waals surface area contributed by atoms with Gasteiger partial charge in [0.05, 0.1) is 0 Å². The monoisotopic (exact) mass is 311 g/mol. The third kappa shape index (κ3) is 5.56. The van der Waals surface area contributed by atoms with Gasteiger partial charge in [-0.2, -0.15) is 0 Å². The molecule has 0 saturated carbocycles. The van der Waals surface area contributed by atoms with Crippen LogP contribution in [0.4, 0.5) is 5.69 Å². The highest BCUT2D eigenvalue weighted by molar-refractivity contribution is 5.85. The van der Waals surface area contributed by atoms with Crippen molar-refractivity contribution in [1.82, 2.24) is 5.32 Å². The molecular weight excluding hydrogens is 286 g/mol. The molecule has 3 N–H and O–H groups in total. The second kappa shape index (κ2) is 8.90. The maximum Gasteiger partial charge on any atom is 0.221 e. The van der Waals surface area contributed by atoms with E-state index in [9.17, 15) is 4.79 Å². The highest BCUT2D eigenvalue weighted by atomic mass is 35.5. The molecule has 0 spiro atoms. The summed E-state index contributed by atoms with van der Waals surface area (Å²) in [5.74, 6) is 0.0217. The van der Waals surface area contributed by atoms with Gasteiger partial charge in [0.15, 0.2) is 0 Å². The number of amides is 1. The van der Waals surface area contributed by atoms with Gasteiger partial charge in [-0.15, -0.1) is 12.4 Å². The van der Waals surface area contributed by atoms with Crippen molar-refractivity contribution in [3.8, 4) is 0 Å². The number of hydrogen-bond acceptors (Lipinski definition) is 3. The van der Waals surface area contributed by atoms with Crippen LogP contribution in [-0.4, -0.2) is 25.0 Å². The summed E-state index contributed by atoms with van der Waals surface area (Å²) in [6.07, 6.45) is 4.21. The quantitative estimate of drug-likeness (QED) is 0.878. The Labute approximate surface area is 133 Å². The van der Waals surface area contributed by atoms with E-state index in [2.05, 4.69) is 28.4 Å². The van der Waals surface area contributed by atoms with Crippen molar-refractivity contribution < 1.29 is 4.79 Å². The van der Waals surface area contributed by atoms with E-state index in [0.717, 1.165) is 13.1 Å². The summed E-state index contributed by atoms with van der Waals surface area (Å²) in [5, 5.41) is 2.96. The summed E-state index contributed by atoms with van der Waals surface area (Å²) in [7, 11) is 0. The van der Waals surface area contributed by atoms with Gasteiger partial charge in [0.25, 0.3) is 0 Å². The molecular formula is C16H26ClN3O. The van der Waals surface area contributed by atoms with Gasteiger partial charge in [-0.05, 0) is 37.8 Å². The minimum absolute atomic E-state index is 0. The molecule has 1 amide bonds. The summed E-state index contributed by atoms with van der Waals surface area (Å²) in [6, 6.07) is 8.25. The van der Waals surface area contributed by atoms with Gasteiger partial charge in [-0.1, -0.05) is 18.2 Å². The molecule has 21 heavy (non-hydrogen) atoms. The molecule has 0 aliphatic carbocycles. The molecule has 0 aromatic heterocycles. The number of hydrogen-bond donors (Lipinski definition) is 2. The number of halogens is 1. The fourth-order valence-electron chi connectivity index (χ4n) is 2.66. The summed E-state index contributed by atoms with van der Waals surface area (Å²) in [4.78, 5) is 14.1. The van der Waals surface area contributed by atoms with Crippen LogP contribution in [0.5, 0.6) is 0 Å². The smallest absolute Gasteiger partial charge is 0.221 e. The zero-order valence-electron chi connectivity index (χ0n) is 12.7. The van der Waals surface area contributed by atoms with Gasteiger partial charge < -0.3 is 16.0 Å². The zero-order chi connectivity index (χ0) is 14.4. The average Bonchev–Trinajstić information content (AvgIpc) is 2.46. The van der Waals surface area contributed by atoms with E-state index < -0.39 is 0 Å². The summed E-state index contributed by atoms with van der Waals surface area (Å²) in [6.45, 7) is 4.66. The van der Waals surface area contributed by atoms with Gasteiger partial charge in [-0.25, -0.2) is 0 Å². The van der Waals surface area contributed by atoms with Gasteiger partial charge in [0.2, 0.25) is 5.91 Å². The predicted molar refractivity (Wildman–Crippen MR) is 89.9 cm³/mol. The lowest BCUT2D eigenvalue weighted by molar-refractivity contribution is -0.121. The number of carbonyl (C=O) groups is 1. The normalized spacial score (nSPS) is 16.0. The SMILES string of the molecule is CC(N)CC(=O)NCc1ccccc1N1CCCCC1.Cl. The molecule has 1 saturated heterocycles. The van der Waals surface area contributed by atoms with Gasteiger partial charge in [0.1, 0.15) is 0 Å². The van der Waals surface area contributed by atoms with E-state index in [-0.39, 0.29) is 24.4 Å². The number of anilines is 1. The van der Waals surface area contributed by atoms with Crippen molar-refractivity contribution in [1.29, 1.82) is 0 Å². The third-order valence-electron chi connectivity index (χ3n) is 3.67. The molecule has 1 unspecified atom stereocenters. The second-order valence-electron chi connectivity index (χ2n) is 5.63. The summed E-state index contributed by atoms with van der Waals surface area (Å²) >= 11 is 0. The molecule has 1 heterocycles.